The molecule has 0 atom stereocenters. The minimum atomic E-state index is -0.188. The number of nitrogens with one attached hydrogen (secondary N) is 2. The van der Waals surface area contributed by atoms with Crippen LogP contribution in [0.1, 0.15) is 16.9 Å². The third kappa shape index (κ3) is 4.17. The summed E-state index contributed by atoms with van der Waals surface area (Å²) in [7, 11) is 1.89. The lowest BCUT2D eigenvalue weighted by atomic mass is 10.1. The van der Waals surface area contributed by atoms with E-state index in [0.717, 1.165) is 35.5 Å². The van der Waals surface area contributed by atoms with Crippen LogP contribution in [0.25, 0.3) is 28.2 Å². The Morgan fingerprint density at radius 1 is 0.931 bits per heavy atom. The summed E-state index contributed by atoms with van der Waals surface area (Å²) in [6, 6.07) is 23.8. The summed E-state index contributed by atoms with van der Waals surface area (Å²) in [4.78, 5) is 17.3. The van der Waals surface area contributed by atoms with Crippen molar-refractivity contribution < 1.29 is 4.79 Å². The van der Waals surface area contributed by atoms with Gasteiger partial charge in [-0.05, 0) is 26.1 Å². The van der Waals surface area contributed by atoms with Gasteiger partial charge in [-0.3, -0.25) is 4.79 Å². The van der Waals surface area contributed by atoms with E-state index in [9.17, 15) is 4.79 Å². The maximum Gasteiger partial charge on any atom is 0.271 e. The first-order valence-corrected chi connectivity index (χ1v) is 9.71. The maximum atomic E-state index is 12.5. The maximum absolute atomic E-state index is 12.5. The third-order valence-electron chi connectivity index (χ3n) is 4.69. The Bertz CT molecular complexity index is 1110. The van der Waals surface area contributed by atoms with Crippen LogP contribution in [0.5, 0.6) is 0 Å². The fourth-order valence-electron chi connectivity index (χ4n) is 3.21. The van der Waals surface area contributed by atoms with Crippen molar-refractivity contribution in [1.29, 1.82) is 0 Å². The number of aromatic nitrogens is 3. The van der Waals surface area contributed by atoms with Gasteiger partial charge >= 0.3 is 0 Å². The van der Waals surface area contributed by atoms with Gasteiger partial charge in [0.2, 0.25) is 0 Å². The summed E-state index contributed by atoms with van der Waals surface area (Å²) < 4.78 is 1.74. The van der Waals surface area contributed by atoms with Crippen molar-refractivity contribution in [3.63, 3.8) is 0 Å². The van der Waals surface area contributed by atoms with E-state index in [1.165, 1.54) is 0 Å². The van der Waals surface area contributed by atoms with Gasteiger partial charge in [-0.1, -0.05) is 60.7 Å². The molecule has 4 rings (SSSR count). The molecule has 0 radical (unpaired) electrons. The van der Waals surface area contributed by atoms with Crippen molar-refractivity contribution in [2.75, 3.05) is 20.1 Å². The van der Waals surface area contributed by atoms with Crippen molar-refractivity contribution in [2.45, 2.75) is 6.42 Å². The van der Waals surface area contributed by atoms with Gasteiger partial charge in [0.05, 0.1) is 11.4 Å². The molecule has 0 bridgehead atoms. The lowest BCUT2D eigenvalue weighted by Gasteiger charge is -2.08. The summed E-state index contributed by atoms with van der Waals surface area (Å²) in [5.74, 6) is -0.188. The van der Waals surface area contributed by atoms with E-state index in [-0.39, 0.29) is 5.91 Å². The Balaban J connectivity index is 1.76. The lowest BCUT2D eigenvalue weighted by Crippen LogP contribution is -2.26. The van der Waals surface area contributed by atoms with Crippen molar-refractivity contribution in [3.05, 3.63) is 78.5 Å². The number of hydrogen-bond donors (Lipinski definition) is 2. The van der Waals surface area contributed by atoms with Gasteiger partial charge in [0.1, 0.15) is 0 Å². The van der Waals surface area contributed by atoms with Crippen molar-refractivity contribution in [1.82, 2.24) is 25.2 Å². The summed E-state index contributed by atoms with van der Waals surface area (Å²) in [5, 5.41) is 10.5. The van der Waals surface area contributed by atoms with Gasteiger partial charge in [0, 0.05) is 23.7 Å². The molecular weight excluding hydrogens is 362 g/mol. The highest BCUT2D eigenvalue weighted by Gasteiger charge is 2.16. The van der Waals surface area contributed by atoms with Crippen LogP contribution in [0, 0.1) is 0 Å². The van der Waals surface area contributed by atoms with Crippen LogP contribution >= 0.6 is 0 Å². The van der Waals surface area contributed by atoms with Gasteiger partial charge < -0.3 is 10.6 Å². The van der Waals surface area contributed by atoms with Gasteiger partial charge in [-0.2, -0.15) is 5.10 Å². The monoisotopic (exact) mass is 385 g/mol. The highest BCUT2D eigenvalue weighted by Crippen LogP contribution is 2.26. The Labute approximate surface area is 169 Å². The van der Waals surface area contributed by atoms with E-state index >= 15 is 0 Å². The molecular formula is C23H23N5O. The lowest BCUT2D eigenvalue weighted by molar-refractivity contribution is 0.0948. The normalized spacial score (nSPS) is 10.9. The number of hydrogen-bond acceptors (Lipinski definition) is 4. The molecule has 6 nitrogen and oxygen atoms in total. The number of nitrogens with zero attached hydrogens (tertiary/aromatic N) is 3. The van der Waals surface area contributed by atoms with Gasteiger partial charge in [-0.25, -0.2) is 9.50 Å². The first kappa shape index (κ1) is 18.8. The fourth-order valence-corrected chi connectivity index (χ4v) is 3.21. The molecule has 0 aliphatic carbocycles. The Morgan fingerprint density at radius 2 is 1.62 bits per heavy atom. The van der Waals surface area contributed by atoms with E-state index in [0.29, 0.717) is 17.9 Å². The highest BCUT2D eigenvalue weighted by atomic mass is 16.1. The van der Waals surface area contributed by atoms with Crippen molar-refractivity contribution >= 4 is 11.6 Å². The van der Waals surface area contributed by atoms with Gasteiger partial charge in [0.15, 0.2) is 11.3 Å². The molecule has 0 saturated carbocycles. The molecule has 0 unspecified atom stereocenters. The smallest absolute Gasteiger partial charge is 0.271 e. The second-order valence-electron chi connectivity index (χ2n) is 6.77. The summed E-state index contributed by atoms with van der Waals surface area (Å²) in [6.45, 7) is 1.45. The molecule has 4 aromatic rings. The van der Waals surface area contributed by atoms with Crippen LogP contribution in [-0.4, -0.2) is 40.6 Å². The zero-order valence-corrected chi connectivity index (χ0v) is 16.3. The van der Waals surface area contributed by atoms with E-state index in [1.54, 1.807) is 10.6 Å². The number of benzene rings is 2. The minimum absolute atomic E-state index is 0.188. The van der Waals surface area contributed by atoms with Crippen LogP contribution in [0.15, 0.2) is 72.8 Å². The number of carbonyl (C=O) groups excluding carboxylic acids is 1. The van der Waals surface area contributed by atoms with Crippen LogP contribution in [0.3, 0.4) is 0 Å². The standard InChI is InChI=1S/C23H23N5O/c1-24-13-8-14-25-23(29)20-16-22-26-19(17-9-4-2-5-10-17)15-21(28(22)27-20)18-11-6-3-7-12-18/h2-7,9-12,15-16,24H,8,13-14H2,1H3,(H,25,29). The third-order valence-corrected chi connectivity index (χ3v) is 4.69. The van der Waals surface area contributed by atoms with E-state index < -0.39 is 0 Å². The molecule has 2 N–H and O–H groups in total. The van der Waals surface area contributed by atoms with Crippen LogP contribution in [0.4, 0.5) is 0 Å². The molecule has 0 aliphatic heterocycles. The minimum Gasteiger partial charge on any atom is -0.351 e. The SMILES string of the molecule is CNCCCNC(=O)c1cc2nc(-c3ccccc3)cc(-c3ccccc3)n2n1. The molecule has 2 aromatic carbocycles. The molecule has 146 valence electrons. The van der Waals surface area contributed by atoms with Crippen molar-refractivity contribution in [3.8, 4) is 22.5 Å². The first-order valence-electron chi connectivity index (χ1n) is 9.71. The number of amides is 1. The summed E-state index contributed by atoms with van der Waals surface area (Å²) in [6.07, 6.45) is 0.862. The second kappa shape index (κ2) is 8.67. The van der Waals surface area contributed by atoms with E-state index in [1.807, 2.05) is 73.8 Å². The number of rotatable bonds is 7. The first-order chi connectivity index (χ1) is 14.3. The average molecular weight is 385 g/mol. The predicted molar refractivity (Wildman–Crippen MR) is 115 cm³/mol. The van der Waals surface area contributed by atoms with E-state index in [4.69, 9.17) is 4.98 Å². The molecule has 29 heavy (non-hydrogen) atoms. The molecule has 0 spiro atoms. The average Bonchev–Trinajstić information content (AvgIpc) is 3.21. The molecule has 6 heteroatoms. The molecule has 0 aliphatic rings. The van der Waals surface area contributed by atoms with Crippen LogP contribution < -0.4 is 10.6 Å². The predicted octanol–water partition coefficient (Wildman–Crippen LogP) is 3.40. The number of carbonyl (C=O) groups is 1. The zero-order chi connectivity index (χ0) is 20.1. The quantitative estimate of drug-likeness (QED) is 0.478. The summed E-state index contributed by atoms with van der Waals surface area (Å²) in [5.41, 5.74) is 4.78. The Morgan fingerprint density at radius 3 is 2.31 bits per heavy atom. The second-order valence-corrected chi connectivity index (χ2v) is 6.77. The van der Waals surface area contributed by atoms with Crippen LogP contribution in [-0.2, 0) is 0 Å². The molecule has 2 heterocycles. The largest absolute Gasteiger partial charge is 0.351 e. The Kier molecular flexibility index (Phi) is 5.63. The molecule has 0 saturated heterocycles. The topological polar surface area (TPSA) is 71.3 Å². The van der Waals surface area contributed by atoms with Crippen LogP contribution in [0.2, 0.25) is 0 Å². The molecule has 0 fully saturated rings. The Hall–Kier alpha value is -3.51. The zero-order valence-electron chi connectivity index (χ0n) is 16.3. The molecule has 1 amide bonds. The molecule has 2 aromatic heterocycles. The van der Waals surface area contributed by atoms with E-state index in [2.05, 4.69) is 15.7 Å². The summed E-state index contributed by atoms with van der Waals surface area (Å²) >= 11 is 0. The van der Waals surface area contributed by atoms with Crippen molar-refractivity contribution in [2.24, 2.45) is 0 Å². The highest BCUT2D eigenvalue weighted by molar-refractivity contribution is 5.93. The van der Waals surface area contributed by atoms with Gasteiger partial charge in [-0.15, -0.1) is 0 Å². The van der Waals surface area contributed by atoms with Gasteiger partial charge in [0.25, 0.3) is 5.91 Å². The number of fused-ring (bicyclic) bond motifs is 1. The fraction of sp³-hybridized carbons (Fsp3) is 0.174.